The third-order valence-corrected chi connectivity index (χ3v) is 7.14. The molecule has 0 aliphatic carbocycles. The van der Waals surface area contributed by atoms with E-state index in [0.29, 0.717) is 5.92 Å². The topological polar surface area (TPSA) is 74.8 Å². The summed E-state index contributed by atoms with van der Waals surface area (Å²) in [6, 6.07) is 6.14. The minimum Gasteiger partial charge on any atom is -0.497 e. The number of esters is 1. The second kappa shape index (κ2) is 8.00. The molecule has 0 radical (unpaired) electrons. The summed E-state index contributed by atoms with van der Waals surface area (Å²) in [5.74, 6) is 1.08. The number of aliphatic hydroxyl groups excluding tert-OH is 1. The first-order chi connectivity index (χ1) is 14.0. The van der Waals surface area contributed by atoms with E-state index in [2.05, 4.69) is 22.9 Å². The maximum atomic E-state index is 13.4. The number of hydrogen-bond acceptors (Lipinski definition) is 5. The highest BCUT2D eigenvalue weighted by Gasteiger charge is 2.56. The van der Waals surface area contributed by atoms with Crippen LogP contribution in [-0.2, 0) is 21.4 Å². The number of aromatic nitrogens is 1. The Morgan fingerprint density at radius 3 is 2.90 bits per heavy atom. The number of aliphatic hydroxyl groups is 1. The van der Waals surface area contributed by atoms with Crippen molar-refractivity contribution in [1.29, 1.82) is 0 Å². The summed E-state index contributed by atoms with van der Waals surface area (Å²) in [7, 11) is 3.18. The normalized spacial score (nSPS) is 28.6. The largest absolute Gasteiger partial charge is 0.497 e. The number of benzene rings is 1. The molecule has 2 aliphatic rings. The average molecular weight is 401 g/mol. The number of H-pyrrole nitrogens is 1. The number of carbonyl (C=O) groups is 1. The SMILES string of the molecule is COC(=O)C12C[C@H](CCCCO)CN(CCc3c1[nH]c1ccc(OC)cc31)C2C. The molecule has 0 spiro atoms. The van der Waals surface area contributed by atoms with E-state index in [1.807, 2.05) is 12.1 Å². The Morgan fingerprint density at radius 2 is 2.17 bits per heavy atom. The molecular formula is C23H32N2O4. The van der Waals surface area contributed by atoms with E-state index in [0.717, 1.165) is 67.5 Å². The highest BCUT2D eigenvalue weighted by molar-refractivity contribution is 5.92. The number of nitrogens with one attached hydrogen (secondary N) is 1. The van der Waals surface area contributed by atoms with E-state index in [9.17, 15) is 9.90 Å². The summed E-state index contributed by atoms with van der Waals surface area (Å²) in [5.41, 5.74) is 2.58. The Kier molecular flexibility index (Phi) is 5.58. The summed E-state index contributed by atoms with van der Waals surface area (Å²) < 4.78 is 10.9. The van der Waals surface area contributed by atoms with Crippen molar-refractivity contribution in [2.45, 2.75) is 50.5 Å². The summed E-state index contributed by atoms with van der Waals surface area (Å²) in [6.07, 6.45) is 4.49. The Hall–Kier alpha value is -2.05. The molecule has 1 fully saturated rings. The van der Waals surface area contributed by atoms with Gasteiger partial charge in [0.2, 0.25) is 0 Å². The number of rotatable bonds is 6. The van der Waals surface area contributed by atoms with Crippen molar-refractivity contribution < 1.29 is 19.4 Å². The molecule has 1 aromatic heterocycles. The van der Waals surface area contributed by atoms with Crippen LogP contribution >= 0.6 is 0 Å². The number of methoxy groups -OCH3 is 2. The van der Waals surface area contributed by atoms with Gasteiger partial charge in [-0.15, -0.1) is 0 Å². The van der Waals surface area contributed by atoms with Gasteiger partial charge < -0.3 is 19.6 Å². The van der Waals surface area contributed by atoms with Gasteiger partial charge in [0.05, 0.1) is 14.2 Å². The van der Waals surface area contributed by atoms with Crippen LogP contribution in [0.1, 0.15) is 43.9 Å². The summed E-state index contributed by atoms with van der Waals surface area (Å²) in [4.78, 5) is 19.4. The van der Waals surface area contributed by atoms with Crippen LogP contribution in [0, 0.1) is 5.92 Å². The standard InChI is InChI=1S/C23H32N2O4/c1-15-23(22(27)29-3)13-16(6-4-5-11-26)14-25(15)10-9-18-19-12-17(28-2)7-8-20(19)24-21(18)23/h7-8,12,15-16,24,26H,4-6,9-11,13-14H2,1-3H3/t15?,16-,23?/m0/s1. The predicted molar refractivity (Wildman–Crippen MR) is 112 cm³/mol. The van der Waals surface area contributed by atoms with Crippen LogP contribution in [0.2, 0.25) is 0 Å². The van der Waals surface area contributed by atoms with E-state index < -0.39 is 5.41 Å². The number of fused-ring (bicyclic) bond motifs is 6. The fourth-order valence-electron chi connectivity index (χ4n) is 5.61. The van der Waals surface area contributed by atoms with Gasteiger partial charge in [0.25, 0.3) is 0 Å². The van der Waals surface area contributed by atoms with Gasteiger partial charge in [-0.1, -0.05) is 6.42 Å². The molecule has 2 aliphatic heterocycles. The number of nitrogens with zero attached hydrogens (tertiary/aromatic N) is 1. The molecule has 0 amide bonds. The van der Waals surface area contributed by atoms with Crippen LogP contribution in [0.3, 0.4) is 0 Å². The lowest BCUT2D eigenvalue weighted by molar-refractivity contribution is -0.154. The number of aromatic amines is 1. The van der Waals surface area contributed by atoms with Gasteiger partial charge >= 0.3 is 5.97 Å². The maximum Gasteiger partial charge on any atom is 0.319 e. The molecule has 158 valence electrons. The fraction of sp³-hybridized carbons (Fsp3) is 0.609. The Balaban J connectivity index is 1.85. The summed E-state index contributed by atoms with van der Waals surface area (Å²) in [6.45, 7) is 4.31. The zero-order chi connectivity index (χ0) is 20.6. The van der Waals surface area contributed by atoms with Gasteiger partial charge in [-0.2, -0.15) is 0 Å². The Bertz CT molecular complexity index is 892. The molecule has 6 nitrogen and oxygen atoms in total. The lowest BCUT2D eigenvalue weighted by Crippen LogP contribution is -2.59. The first kappa shape index (κ1) is 20.2. The molecule has 1 aromatic carbocycles. The van der Waals surface area contributed by atoms with E-state index in [-0.39, 0.29) is 18.6 Å². The van der Waals surface area contributed by atoms with Crippen molar-refractivity contribution in [1.82, 2.24) is 9.88 Å². The molecule has 3 unspecified atom stereocenters. The van der Waals surface area contributed by atoms with Crippen molar-refractivity contribution in [3.05, 3.63) is 29.5 Å². The van der Waals surface area contributed by atoms with E-state index >= 15 is 0 Å². The van der Waals surface area contributed by atoms with Crippen LogP contribution in [0.25, 0.3) is 10.9 Å². The molecule has 4 atom stereocenters. The third-order valence-electron chi connectivity index (χ3n) is 7.14. The summed E-state index contributed by atoms with van der Waals surface area (Å²) in [5, 5.41) is 10.3. The van der Waals surface area contributed by atoms with Gasteiger partial charge in [0.15, 0.2) is 0 Å². The van der Waals surface area contributed by atoms with Crippen molar-refractivity contribution in [2.75, 3.05) is 33.9 Å². The lowest BCUT2D eigenvalue weighted by Gasteiger charge is -2.48. The number of unbranched alkanes of at least 4 members (excludes halogenated alkanes) is 1. The van der Waals surface area contributed by atoms with Crippen molar-refractivity contribution in [3.8, 4) is 5.75 Å². The first-order valence-electron chi connectivity index (χ1n) is 10.7. The Morgan fingerprint density at radius 1 is 1.34 bits per heavy atom. The van der Waals surface area contributed by atoms with E-state index in [1.165, 1.54) is 12.7 Å². The molecule has 6 heteroatoms. The molecule has 2 N–H and O–H groups in total. The summed E-state index contributed by atoms with van der Waals surface area (Å²) >= 11 is 0. The monoisotopic (exact) mass is 400 g/mol. The molecule has 3 heterocycles. The van der Waals surface area contributed by atoms with Gasteiger partial charge in [-0.05, 0) is 62.3 Å². The zero-order valence-corrected chi connectivity index (χ0v) is 17.7. The zero-order valence-electron chi connectivity index (χ0n) is 17.7. The van der Waals surface area contributed by atoms with Crippen LogP contribution in [-0.4, -0.2) is 60.9 Å². The average Bonchev–Trinajstić information content (AvgIpc) is 3.08. The van der Waals surface area contributed by atoms with Crippen molar-refractivity contribution in [3.63, 3.8) is 0 Å². The number of piperidine rings is 1. The second-order valence-corrected chi connectivity index (χ2v) is 8.56. The smallest absolute Gasteiger partial charge is 0.319 e. The predicted octanol–water partition coefficient (Wildman–Crippen LogP) is 3.02. The number of carbonyl (C=O) groups excluding carboxylic acids is 1. The van der Waals surface area contributed by atoms with Crippen LogP contribution in [0.15, 0.2) is 18.2 Å². The first-order valence-corrected chi connectivity index (χ1v) is 10.7. The maximum absolute atomic E-state index is 13.4. The molecule has 29 heavy (non-hydrogen) atoms. The van der Waals surface area contributed by atoms with Gasteiger partial charge in [-0.25, -0.2) is 0 Å². The van der Waals surface area contributed by atoms with Gasteiger partial charge in [-0.3, -0.25) is 9.69 Å². The van der Waals surface area contributed by atoms with Crippen LogP contribution in [0.4, 0.5) is 0 Å². The molecule has 1 saturated heterocycles. The third kappa shape index (κ3) is 3.22. The van der Waals surface area contributed by atoms with Crippen LogP contribution in [0.5, 0.6) is 5.75 Å². The second-order valence-electron chi connectivity index (χ2n) is 8.56. The highest BCUT2D eigenvalue weighted by atomic mass is 16.5. The van der Waals surface area contributed by atoms with Gasteiger partial charge in [0, 0.05) is 42.3 Å². The van der Waals surface area contributed by atoms with Crippen LogP contribution < -0.4 is 4.74 Å². The van der Waals surface area contributed by atoms with Gasteiger partial charge in [0.1, 0.15) is 11.2 Å². The quantitative estimate of drug-likeness (QED) is 0.576. The van der Waals surface area contributed by atoms with Crippen molar-refractivity contribution >= 4 is 16.9 Å². The molecule has 2 aromatic rings. The molecule has 2 bridgehead atoms. The minimum absolute atomic E-state index is 0.0697. The highest BCUT2D eigenvalue weighted by Crippen LogP contribution is 2.48. The number of hydrogen-bond donors (Lipinski definition) is 2. The molecule has 4 rings (SSSR count). The van der Waals surface area contributed by atoms with Crippen molar-refractivity contribution in [2.24, 2.45) is 5.92 Å². The lowest BCUT2D eigenvalue weighted by atomic mass is 9.67. The fourth-order valence-corrected chi connectivity index (χ4v) is 5.61. The minimum atomic E-state index is -0.699. The molecule has 0 saturated carbocycles. The van der Waals surface area contributed by atoms with E-state index in [1.54, 1.807) is 7.11 Å². The Labute approximate surface area is 172 Å². The molecular weight excluding hydrogens is 368 g/mol. The van der Waals surface area contributed by atoms with E-state index in [4.69, 9.17) is 9.47 Å². The number of ether oxygens (including phenoxy) is 2.